The molecule has 0 N–H and O–H groups in total. The fraction of sp³-hybridized carbons (Fsp3) is 0. The van der Waals surface area contributed by atoms with Gasteiger partial charge in [-0.05, 0) is 106 Å². The van der Waals surface area contributed by atoms with Crippen LogP contribution in [-0.2, 0) is 0 Å². The molecule has 60 heavy (non-hydrogen) atoms. The summed E-state index contributed by atoms with van der Waals surface area (Å²) < 4.78 is 10.7. The summed E-state index contributed by atoms with van der Waals surface area (Å²) in [7, 11) is 0. The second-order valence-corrected chi connectivity index (χ2v) is 20.6. The molecule has 15 rings (SSSR count). The molecule has 276 valence electrons. The maximum Gasteiger partial charge on any atom is 0.248 e. The number of fused-ring (bicyclic) bond motifs is 19. The first-order chi connectivity index (χ1) is 29.7. The highest BCUT2D eigenvalue weighted by Crippen LogP contribution is 2.53. The molecular formula is C54H28BNS4. The zero-order valence-corrected chi connectivity index (χ0v) is 35.1. The standard InChI is InChI=1S/C54H28BNS4/c1-5-15-41-31(10-1)35-26-29(20-23-45(35)57-41)30-27-36-49-37(21-24-47-51(49)33-12-3-7-17-43(33)59-47)55-38-22-25-48-52(34-13-4-8-18-44(34)60-48)54(38)56(40(28-30)53(36)55)39-14-9-19-46-50(39)32-11-2-6-16-42(32)58-46/h1-28H. The highest BCUT2D eigenvalue weighted by atomic mass is 32.1. The van der Waals surface area contributed by atoms with Crippen LogP contribution in [0.1, 0.15) is 0 Å². The summed E-state index contributed by atoms with van der Waals surface area (Å²) >= 11 is 7.62. The van der Waals surface area contributed by atoms with E-state index in [1.165, 1.54) is 136 Å². The zero-order valence-electron chi connectivity index (χ0n) is 31.8. The molecule has 0 saturated heterocycles. The van der Waals surface area contributed by atoms with Crippen LogP contribution in [0.4, 0.5) is 17.1 Å². The van der Waals surface area contributed by atoms with Gasteiger partial charge in [0, 0.05) is 86.4 Å². The Balaban J connectivity index is 1.14. The molecule has 0 bridgehead atoms. The molecule has 2 aliphatic heterocycles. The van der Waals surface area contributed by atoms with Crippen molar-refractivity contribution in [3.05, 3.63) is 170 Å². The van der Waals surface area contributed by atoms with Gasteiger partial charge in [-0.2, -0.15) is 0 Å². The van der Waals surface area contributed by atoms with Gasteiger partial charge in [0.25, 0.3) is 0 Å². The molecule has 0 spiro atoms. The van der Waals surface area contributed by atoms with Crippen molar-refractivity contribution < 1.29 is 0 Å². The van der Waals surface area contributed by atoms with E-state index in [1.54, 1.807) is 0 Å². The van der Waals surface area contributed by atoms with Crippen LogP contribution in [0.25, 0.3) is 103 Å². The van der Waals surface area contributed by atoms with E-state index in [4.69, 9.17) is 0 Å². The molecule has 6 heterocycles. The first-order valence-electron chi connectivity index (χ1n) is 20.4. The molecule has 2 aliphatic rings. The first-order valence-corrected chi connectivity index (χ1v) is 23.7. The molecule has 0 aliphatic carbocycles. The Kier molecular flexibility index (Phi) is 6.36. The van der Waals surface area contributed by atoms with Crippen molar-refractivity contribution in [1.82, 2.24) is 0 Å². The summed E-state index contributed by atoms with van der Waals surface area (Å²) in [6.07, 6.45) is 0. The summed E-state index contributed by atoms with van der Waals surface area (Å²) in [6, 6.07) is 64.9. The Morgan fingerprint density at radius 3 is 1.62 bits per heavy atom. The fourth-order valence-electron chi connectivity index (χ4n) is 10.8. The van der Waals surface area contributed by atoms with E-state index in [-0.39, 0.29) is 6.71 Å². The Labute approximate surface area is 360 Å². The molecule has 6 heteroatoms. The topological polar surface area (TPSA) is 3.24 Å². The van der Waals surface area contributed by atoms with Crippen molar-refractivity contribution in [2.24, 2.45) is 0 Å². The van der Waals surface area contributed by atoms with Crippen LogP contribution in [-0.4, -0.2) is 6.71 Å². The predicted octanol–water partition coefficient (Wildman–Crippen LogP) is 15.1. The van der Waals surface area contributed by atoms with E-state index in [1.807, 2.05) is 45.3 Å². The van der Waals surface area contributed by atoms with Crippen LogP contribution in [0, 0.1) is 0 Å². The summed E-state index contributed by atoms with van der Waals surface area (Å²) in [6.45, 7) is 0.0955. The number of benzene rings is 9. The lowest BCUT2D eigenvalue weighted by Crippen LogP contribution is -2.54. The minimum atomic E-state index is 0.0955. The molecule has 9 aromatic carbocycles. The van der Waals surface area contributed by atoms with Gasteiger partial charge in [-0.3, -0.25) is 0 Å². The van der Waals surface area contributed by atoms with Gasteiger partial charge in [-0.15, -0.1) is 45.3 Å². The maximum atomic E-state index is 2.70. The number of hydrogen-bond donors (Lipinski definition) is 0. The van der Waals surface area contributed by atoms with Crippen LogP contribution in [0.15, 0.2) is 170 Å². The third-order valence-corrected chi connectivity index (χ3v) is 17.8. The first kappa shape index (κ1) is 32.6. The third-order valence-electron chi connectivity index (χ3n) is 13.3. The Morgan fingerprint density at radius 1 is 0.350 bits per heavy atom. The van der Waals surface area contributed by atoms with Crippen molar-refractivity contribution in [3.8, 4) is 22.3 Å². The summed E-state index contributed by atoms with van der Waals surface area (Å²) in [4.78, 5) is 2.70. The molecular weight excluding hydrogens is 802 g/mol. The van der Waals surface area contributed by atoms with E-state index in [0.29, 0.717) is 0 Å². The lowest BCUT2D eigenvalue weighted by atomic mass is 9.37. The van der Waals surface area contributed by atoms with Gasteiger partial charge in [0.2, 0.25) is 6.71 Å². The normalized spacial score (nSPS) is 13.3. The Bertz CT molecular complexity index is 4050. The second-order valence-electron chi connectivity index (χ2n) is 16.3. The van der Waals surface area contributed by atoms with Gasteiger partial charge in [0.1, 0.15) is 0 Å². The van der Waals surface area contributed by atoms with Gasteiger partial charge >= 0.3 is 0 Å². The van der Waals surface area contributed by atoms with Gasteiger partial charge in [-0.25, -0.2) is 0 Å². The van der Waals surface area contributed by atoms with Crippen LogP contribution >= 0.6 is 45.3 Å². The molecule has 0 atom stereocenters. The lowest BCUT2D eigenvalue weighted by Gasteiger charge is -2.37. The molecule has 0 fully saturated rings. The highest BCUT2D eigenvalue weighted by Gasteiger charge is 2.45. The monoisotopic (exact) mass is 829 g/mol. The molecule has 13 aromatic rings. The number of nitrogens with zero attached hydrogens (tertiary/aromatic N) is 1. The van der Waals surface area contributed by atoms with Gasteiger partial charge in [0.15, 0.2) is 0 Å². The minimum Gasteiger partial charge on any atom is -0.310 e. The molecule has 0 radical (unpaired) electrons. The van der Waals surface area contributed by atoms with E-state index >= 15 is 0 Å². The van der Waals surface area contributed by atoms with Crippen molar-refractivity contribution >= 4 is 166 Å². The van der Waals surface area contributed by atoms with Crippen molar-refractivity contribution in [2.75, 3.05) is 4.90 Å². The van der Waals surface area contributed by atoms with E-state index in [0.717, 1.165) is 0 Å². The number of thiophene rings is 4. The average molecular weight is 830 g/mol. The number of rotatable bonds is 2. The van der Waals surface area contributed by atoms with Crippen LogP contribution in [0.3, 0.4) is 0 Å². The van der Waals surface area contributed by atoms with E-state index in [9.17, 15) is 0 Å². The van der Waals surface area contributed by atoms with Crippen molar-refractivity contribution in [3.63, 3.8) is 0 Å². The lowest BCUT2D eigenvalue weighted by molar-refractivity contribution is 1.33. The highest BCUT2D eigenvalue weighted by molar-refractivity contribution is 7.27. The summed E-state index contributed by atoms with van der Waals surface area (Å²) in [5.41, 5.74) is 13.3. The Morgan fingerprint density at radius 2 is 0.883 bits per heavy atom. The SMILES string of the molecule is c1ccc2c(c1)sc1ccc(-c3cc4c5c(c3)N(c3cccc6sc7ccccc7c36)c3c(ccc6sc7ccccc7c36)B5c3ccc5sc6ccccc6c5c3-4)cc12. The predicted molar refractivity (Wildman–Crippen MR) is 268 cm³/mol. The maximum absolute atomic E-state index is 2.70. The van der Waals surface area contributed by atoms with Crippen molar-refractivity contribution in [1.29, 1.82) is 0 Å². The van der Waals surface area contributed by atoms with Crippen molar-refractivity contribution in [2.45, 2.75) is 0 Å². The molecule has 1 nitrogen and oxygen atoms in total. The van der Waals surface area contributed by atoms with E-state index in [2.05, 4.69) is 175 Å². The van der Waals surface area contributed by atoms with Gasteiger partial charge < -0.3 is 4.90 Å². The second kappa shape index (κ2) is 11.7. The quantitative estimate of drug-likeness (QED) is 0.157. The average Bonchev–Trinajstić information content (AvgIpc) is 4.11. The largest absolute Gasteiger partial charge is 0.310 e. The summed E-state index contributed by atoms with van der Waals surface area (Å²) in [5.74, 6) is 0. The number of hydrogen-bond acceptors (Lipinski definition) is 5. The third kappa shape index (κ3) is 4.17. The fourth-order valence-corrected chi connectivity index (χ4v) is 15.3. The van der Waals surface area contributed by atoms with Crippen LogP contribution in [0.5, 0.6) is 0 Å². The Hall–Kier alpha value is -6.28. The number of anilines is 3. The molecule has 4 aromatic heterocycles. The van der Waals surface area contributed by atoms with Crippen LogP contribution < -0.4 is 21.3 Å². The molecule has 0 amide bonds. The summed E-state index contributed by atoms with van der Waals surface area (Å²) in [5, 5.41) is 10.7. The van der Waals surface area contributed by atoms with Gasteiger partial charge in [0.05, 0.1) is 11.4 Å². The van der Waals surface area contributed by atoms with Crippen LogP contribution in [0.2, 0.25) is 0 Å². The molecule has 0 unspecified atom stereocenters. The molecule has 0 saturated carbocycles. The van der Waals surface area contributed by atoms with Gasteiger partial charge in [-0.1, -0.05) is 103 Å². The van der Waals surface area contributed by atoms with E-state index < -0.39 is 0 Å². The zero-order chi connectivity index (χ0) is 38.8. The minimum absolute atomic E-state index is 0.0955. The smallest absolute Gasteiger partial charge is 0.248 e.